The van der Waals surface area contributed by atoms with Crippen molar-refractivity contribution in [2.24, 2.45) is 5.92 Å². The summed E-state index contributed by atoms with van der Waals surface area (Å²) in [6.45, 7) is 10.4. The quantitative estimate of drug-likeness (QED) is 0.236. The summed E-state index contributed by atoms with van der Waals surface area (Å²) in [7, 11) is 0. The molecule has 8 nitrogen and oxygen atoms in total. The molecule has 0 radical (unpaired) electrons. The maximum atomic E-state index is 14.4. The molecule has 44 heavy (non-hydrogen) atoms. The highest BCUT2D eigenvalue weighted by Gasteiger charge is 2.40. The molecule has 0 amide bonds. The molecule has 2 fully saturated rings. The molecule has 0 saturated carbocycles. The summed E-state index contributed by atoms with van der Waals surface area (Å²) in [6, 6.07) is 19.9. The van der Waals surface area contributed by atoms with E-state index in [9.17, 15) is 13.6 Å². The third-order valence-electron chi connectivity index (χ3n) is 8.98. The highest BCUT2D eigenvalue weighted by Crippen LogP contribution is 2.40. The Bertz CT molecular complexity index is 1630. The van der Waals surface area contributed by atoms with Gasteiger partial charge < -0.3 is 19.3 Å². The Morgan fingerprint density at radius 3 is 2.18 bits per heavy atom. The zero-order valence-electron chi connectivity index (χ0n) is 25.5. The van der Waals surface area contributed by atoms with Gasteiger partial charge in [0.15, 0.2) is 0 Å². The molecule has 2 aliphatic heterocycles. The Hall–Kier alpha value is -4.18. The van der Waals surface area contributed by atoms with Crippen molar-refractivity contribution >= 4 is 11.4 Å². The maximum Gasteiger partial charge on any atom is 0.350 e. The average molecular weight is 604 g/mol. The van der Waals surface area contributed by atoms with E-state index in [-0.39, 0.29) is 17.6 Å². The average Bonchev–Trinajstić information content (AvgIpc) is 3.62. The van der Waals surface area contributed by atoms with E-state index in [1.807, 2.05) is 45.0 Å². The van der Waals surface area contributed by atoms with E-state index in [2.05, 4.69) is 39.2 Å². The molecular weight excluding hydrogens is 564 g/mol. The third-order valence-corrected chi connectivity index (χ3v) is 8.98. The monoisotopic (exact) mass is 603 g/mol. The minimum atomic E-state index is -0.795. The van der Waals surface area contributed by atoms with Crippen molar-refractivity contribution in [3.8, 4) is 11.4 Å². The van der Waals surface area contributed by atoms with Gasteiger partial charge >= 0.3 is 5.69 Å². The second kappa shape index (κ2) is 12.4. The summed E-state index contributed by atoms with van der Waals surface area (Å²) in [5.74, 6) is -0.286. The minimum Gasteiger partial charge on any atom is -0.493 e. The molecule has 3 atom stereocenters. The molecule has 2 aliphatic rings. The van der Waals surface area contributed by atoms with E-state index in [1.165, 1.54) is 16.8 Å². The molecule has 1 unspecified atom stereocenters. The van der Waals surface area contributed by atoms with E-state index in [0.717, 1.165) is 61.5 Å². The van der Waals surface area contributed by atoms with Gasteiger partial charge in [0.25, 0.3) is 0 Å². The van der Waals surface area contributed by atoms with Crippen LogP contribution in [0, 0.1) is 17.6 Å². The molecule has 0 spiro atoms. The van der Waals surface area contributed by atoms with Gasteiger partial charge in [-0.15, -0.1) is 0 Å². The molecule has 4 aromatic rings. The van der Waals surface area contributed by atoms with Crippen LogP contribution in [-0.4, -0.2) is 53.7 Å². The highest BCUT2D eigenvalue weighted by atomic mass is 19.1. The topological polar surface area (TPSA) is 64.8 Å². The number of piperazine rings is 1. The smallest absolute Gasteiger partial charge is 0.350 e. The molecule has 3 aromatic carbocycles. The fourth-order valence-corrected chi connectivity index (χ4v) is 6.17. The van der Waals surface area contributed by atoms with Gasteiger partial charge in [-0.05, 0) is 81.3 Å². The van der Waals surface area contributed by atoms with Crippen LogP contribution < -0.4 is 20.2 Å². The van der Waals surface area contributed by atoms with Crippen molar-refractivity contribution < 1.29 is 18.3 Å². The van der Waals surface area contributed by atoms with Crippen molar-refractivity contribution in [2.75, 3.05) is 49.2 Å². The summed E-state index contributed by atoms with van der Waals surface area (Å²) in [5, 5.41) is 4.28. The largest absolute Gasteiger partial charge is 0.493 e. The fraction of sp³-hybridized carbons (Fsp3) is 0.412. The summed E-state index contributed by atoms with van der Waals surface area (Å²) < 4.78 is 42.9. The summed E-state index contributed by atoms with van der Waals surface area (Å²) in [4.78, 5) is 17.5. The molecule has 3 heterocycles. The van der Waals surface area contributed by atoms with E-state index in [4.69, 9.17) is 9.47 Å². The van der Waals surface area contributed by atoms with Gasteiger partial charge in [0.2, 0.25) is 0 Å². The first-order valence-electron chi connectivity index (χ1n) is 15.3. The van der Waals surface area contributed by atoms with Crippen LogP contribution in [0.5, 0.6) is 5.75 Å². The van der Waals surface area contributed by atoms with Gasteiger partial charge in [-0.1, -0.05) is 13.0 Å². The molecule has 2 saturated heterocycles. The molecule has 0 N–H and O–H groups in total. The Kier molecular flexibility index (Phi) is 8.44. The lowest BCUT2D eigenvalue weighted by Crippen LogP contribution is -2.46. The van der Waals surface area contributed by atoms with Gasteiger partial charge in [-0.3, -0.25) is 0 Å². The lowest BCUT2D eigenvalue weighted by Gasteiger charge is -2.37. The predicted octanol–water partition coefficient (Wildman–Crippen LogP) is 5.94. The number of anilines is 2. The molecule has 0 bridgehead atoms. The van der Waals surface area contributed by atoms with Gasteiger partial charge in [0, 0.05) is 55.1 Å². The second-order valence-electron chi connectivity index (χ2n) is 12.0. The zero-order chi connectivity index (χ0) is 30.8. The lowest BCUT2D eigenvalue weighted by atomic mass is 9.89. The number of benzene rings is 3. The van der Waals surface area contributed by atoms with E-state index >= 15 is 0 Å². The Balaban J connectivity index is 0.991. The number of rotatable bonds is 9. The SMILES string of the molecule is CCC(C)n1ncn(-c2ccc(N3CCN(c4ccc(OC[C@@H]5CO[C@@](C)(c6ccc(F)cc6F)C5)cc4)CC3)cc2)c1=O. The van der Waals surface area contributed by atoms with Crippen LogP contribution in [0.25, 0.3) is 5.69 Å². The fourth-order valence-electron chi connectivity index (χ4n) is 6.17. The van der Waals surface area contributed by atoms with Crippen molar-refractivity contribution in [1.29, 1.82) is 0 Å². The van der Waals surface area contributed by atoms with Crippen LogP contribution in [0.2, 0.25) is 0 Å². The summed E-state index contributed by atoms with van der Waals surface area (Å²) in [5.41, 5.74) is 2.56. The predicted molar refractivity (Wildman–Crippen MR) is 167 cm³/mol. The van der Waals surface area contributed by atoms with E-state index < -0.39 is 17.2 Å². The normalized spacial score (nSPS) is 21.1. The standard InChI is InChI=1S/C34H39F2N5O3/c1-4-24(2)41-33(42)40(23-37-41)29-8-6-27(7-9-29)38-15-17-39(18-16-38)28-10-12-30(13-11-28)43-21-25-20-34(3,44-22-25)31-14-5-26(35)19-32(31)36/h5-14,19,23-25H,4,15-18,20-22H2,1-3H3/t24?,25-,34-/m1/s1. The summed E-state index contributed by atoms with van der Waals surface area (Å²) >= 11 is 0. The maximum absolute atomic E-state index is 14.4. The number of halogens is 2. The van der Waals surface area contributed by atoms with Crippen LogP contribution in [-0.2, 0) is 10.3 Å². The molecule has 232 valence electrons. The van der Waals surface area contributed by atoms with Crippen molar-refractivity contribution in [3.63, 3.8) is 0 Å². The third kappa shape index (κ3) is 6.08. The van der Waals surface area contributed by atoms with Gasteiger partial charge in [0.1, 0.15) is 23.7 Å². The van der Waals surface area contributed by atoms with Crippen LogP contribution >= 0.6 is 0 Å². The molecular formula is C34H39F2N5O3. The summed E-state index contributed by atoms with van der Waals surface area (Å²) in [6.07, 6.45) is 3.04. The van der Waals surface area contributed by atoms with Crippen LogP contribution in [0.4, 0.5) is 20.2 Å². The number of ether oxygens (including phenoxy) is 2. The van der Waals surface area contributed by atoms with Crippen LogP contribution in [0.3, 0.4) is 0 Å². The highest BCUT2D eigenvalue weighted by molar-refractivity contribution is 5.54. The first kappa shape index (κ1) is 29.9. The first-order chi connectivity index (χ1) is 21.2. The Labute approximate surface area is 256 Å². The van der Waals surface area contributed by atoms with Crippen LogP contribution in [0.1, 0.15) is 45.2 Å². The van der Waals surface area contributed by atoms with Gasteiger partial charge in [-0.25, -0.2) is 22.8 Å². The number of hydrogen-bond donors (Lipinski definition) is 0. The first-order valence-corrected chi connectivity index (χ1v) is 15.3. The second-order valence-corrected chi connectivity index (χ2v) is 12.0. The number of aromatic nitrogens is 3. The zero-order valence-corrected chi connectivity index (χ0v) is 25.5. The Morgan fingerprint density at radius 1 is 0.955 bits per heavy atom. The van der Waals surface area contributed by atoms with Crippen molar-refractivity contribution in [3.05, 3.63) is 101 Å². The van der Waals surface area contributed by atoms with Crippen molar-refractivity contribution in [2.45, 2.75) is 45.3 Å². The molecule has 1 aromatic heterocycles. The van der Waals surface area contributed by atoms with E-state index in [1.54, 1.807) is 10.9 Å². The molecule has 10 heteroatoms. The van der Waals surface area contributed by atoms with E-state index in [0.29, 0.717) is 25.2 Å². The Morgan fingerprint density at radius 2 is 1.57 bits per heavy atom. The number of hydrogen-bond acceptors (Lipinski definition) is 6. The van der Waals surface area contributed by atoms with Gasteiger partial charge in [0.05, 0.1) is 30.5 Å². The lowest BCUT2D eigenvalue weighted by molar-refractivity contribution is 0.0121. The van der Waals surface area contributed by atoms with Gasteiger partial charge in [-0.2, -0.15) is 5.10 Å². The molecule has 6 rings (SSSR count). The van der Waals surface area contributed by atoms with Crippen LogP contribution in [0.15, 0.2) is 77.9 Å². The minimum absolute atomic E-state index is 0.0650. The number of nitrogens with zero attached hydrogens (tertiary/aromatic N) is 5. The molecule has 0 aliphatic carbocycles. The van der Waals surface area contributed by atoms with Crippen molar-refractivity contribution in [1.82, 2.24) is 14.3 Å².